The van der Waals surface area contributed by atoms with Gasteiger partial charge >= 0.3 is 0 Å². The van der Waals surface area contributed by atoms with Crippen LogP contribution in [-0.4, -0.2) is 11.7 Å². The molecule has 0 aromatic heterocycles. The average molecular weight is 415 g/mol. The lowest BCUT2D eigenvalue weighted by Crippen LogP contribution is -2.13. The number of para-hydroxylation sites is 1. The first-order chi connectivity index (χ1) is 9.61. The van der Waals surface area contributed by atoms with E-state index in [0.717, 1.165) is 25.3 Å². The van der Waals surface area contributed by atoms with Crippen molar-refractivity contribution in [3.05, 3.63) is 57.0 Å². The van der Waals surface area contributed by atoms with Crippen LogP contribution >= 0.6 is 43.6 Å². The summed E-state index contributed by atoms with van der Waals surface area (Å²) in [6.45, 7) is 2.09. The molecule has 104 valence electrons. The van der Waals surface area contributed by atoms with Gasteiger partial charge in [0.2, 0.25) is 0 Å². The molecule has 0 saturated heterocycles. The van der Waals surface area contributed by atoms with Crippen molar-refractivity contribution in [3.8, 4) is 0 Å². The molecule has 2 aromatic rings. The van der Waals surface area contributed by atoms with E-state index in [9.17, 15) is 4.79 Å². The maximum absolute atomic E-state index is 12.3. The minimum absolute atomic E-state index is 0.117. The smallest absolute Gasteiger partial charge is 0.256 e. The van der Waals surface area contributed by atoms with E-state index in [1.54, 1.807) is 17.8 Å². The zero-order valence-electron chi connectivity index (χ0n) is 10.8. The molecule has 2 rings (SSSR count). The summed E-state index contributed by atoms with van der Waals surface area (Å²) in [6.07, 6.45) is 0. The lowest BCUT2D eigenvalue weighted by atomic mass is 10.2. The lowest BCUT2D eigenvalue weighted by molar-refractivity contribution is 0.102. The molecule has 0 radical (unpaired) electrons. The minimum atomic E-state index is -0.117. The molecule has 0 atom stereocenters. The van der Waals surface area contributed by atoms with Crippen LogP contribution in [0, 0.1) is 0 Å². The molecule has 0 saturated carbocycles. The maximum Gasteiger partial charge on any atom is 0.256 e. The van der Waals surface area contributed by atoms with Gasteiger partial charge in [-0.1, -0.05) is 35.0 Å². The number of nitrogens with one attached hydrogen (secondary N) is 1. The lowest BCUT2D eigenvalue weighted by Gasteiger charge is -2.11. The summed E-state index contributed by atoms with van der Waals surface area (Å²) < 4.78 is 1.70. The largest absolute Gasteiger partial charge is 0.321 e. The van der Waals surface area contributed by atoms with Crippen LogP contribution in [0.4, 0.5) is 5.69 Å². The Kier molecular flexibility index (Phi) is 5.69. The molecule has 0 aliphatic heterocycles. The van der Waals surface area contributed by atoms with Crippen LogP contribution in [0.2, 0.25) is 0 Å². The van der Waals surface area contributed by atoms with Crippen molar-refractivity contribution in [1.29, 1.82) is 0 Å². The number of benzene rings is 2. The number of amides is 1. The molecular formula is C15H13Br2NOS. The van der Waals surface area contributed by atoms with Gasteiger partial charge in [0.1, 0.15) is 0 Å². The van der Waals surface area contributed by atoms with Crippen molar-refractivity contribution in [2.75, 3.05) is 11.1 Å². The zero-order valence-corrected chi connectivity index (χ0v) is 14.8. The van der Waals surface area contributed by atoms with Crippen LogP contribution < -0.4 is 5.32 Å². The number of carbonyl (C=O) groups is 1. The fourth-order valence-corrected chi connectivity index (χ4v) is 3.70. The van der Waals surface area contributed by atoms with E-state index < -0.39 is 0 Å². The standard InChI is InChI=1S/C15H13Br2NOS/c1-2-20-14-6-4-3-5-13(14)18-15(19)11-8-7-10(16)9-12(11)17/h3-9H,2H2,1H3,(H,18,19). The molecule has 0 aliphatic rings. The summed E-state index contributed by atoms with van der Waals surface area (Å²) in [4.78, 5) is 13.4. The predicted octanol–water partition coefficient (Wildman–Crippen LogP) is 5.58. The average Bonchev–Trinajstić information content (AvgIpc) is 2.41. The van der Waals surface area contributed by atoms with Crippen molar-refractivity contribution < 1.29 is 4.79 Å². The van der Waals surface area contributed by atoms with Crippen LogP contribution in [0.5, 0.6) is 0 Å². The number of thioether (sulfide) groups is 1. The summed E-state index contributed by atoms with van der Waals surface area (Å²) >= 11 is 8.51. The molecule has 1 amide bonds. The molecular weight excluding hydrogens is 402 g/mol. The normalized spacial score (nSPS) is 10.3. The second kappa shape index (κ2) is 7.29. The second-order valence-corrected chi connectivity index (χ2v) is 7.08. The van der Waals surface area contributed by atoms with Gasteiger partial charge in [-0.05, 0) is 52.0 Å². The first kappa shape index (κ1) is 15.6. The van der Waals surface area contributed by atoms with Crippen LogP contribution in [0.25, 0.3) is 0 Å². The van der Waals surface area contributed by atoms with Crippen LogP contribution in [0.1, 0.15) is 17.3 Å². The SMILES string of the molecule is CCSc1ccccc1NC(=O)c1ccc(Br)cc1Br. The fraction of sp³-hybridized carbons (Fsp3) is 0.133. The van der Waals surface area contributed by atoms with Crippen LogP contribution in [0.15, 0.2) is 56.3 Å². The molecule has 20 heavy (non-hydrogen) atoms. The number of halogens is 2. The van der Waals surface area contributed by atoms with E-state index in [4.69, 9.17) is 0 Å². The van der Waals surface area contributed by atoms with E-state index in [1.807, 2.05) is 36.4 Å². The molecule has 0 unspecified atom stereocenters. The van der Waals surface area contributed by atoms with Gasteiger partial charge in [-0.15, -0.1) is 11.8 Å². The van der Waals surface area contributed by atoms with E-state index in [1.165, 1.54) is 0 Å². The van der Waals surface area contributed by atoms with Gasteiger partial charge in [-0.3, -0.25) is 4.79 Å². The highest BCUT2D eigenvalue weighted by atomic mass is 79.9. The Morgan fingerprint density at radius 2 is 1.95 bits per heavy atom. The molecule has 2 nitrogen and oxygen atoms in total. The molecule has 0 spiro atoms. The Hall–Kier alpha value is -0.780. The quantitative estimate of drug-likeness (QED) is 0.662. The van der Waals surface area contributed by atoms with E-state index in [-0.39, 0.29) is 5.91 Å². The van der Waals surface area contributed by atoms with Gasteiger partial charge < -0.3 is 5.32 Å². The third-order valence-corrected chi connectivity index (χ3v) is 4.72. The molecule has 0 heterocycles. The highest BCUT2D eigenvalue weighted by molar-refractivity contribution is 9.11. The van der Waals surface area contributed by atoms with Crippen molar-refractivity contribution in [2.24, 2.45) is 0 Å². The molecule has 0 aliphatic carbocycles. The topological polar surface area (TPSA) is 29.1 Å². The summed E-state index contributed by atoms with van der Waals surface area (Å²) in [5.41, 5.74) is 1.46. The Morgan fingerprint density at radius 1 is 1.20 bits per heavy atom. The minimum Gasteiger partial charge on any atom is -0.321 e. The molecule has 2 aromatic carbocycles. The third kappa shape index (κ3) is 3.87. The zero-order chi connectivity index (χ0) is 14.5. The van der Waals surface area contributed by atoms with Gasteiger partial charge in [0.15, 0.2) is 0 Å². The van der Waals surface area contributed by atoms with Gasteiger partial charge in [0.05, 0.1) is 11.3 Å². The Balaban J connectivity index is 2.23. The molecule has 0 fully saturated rings. The van der Waals surface area contributed by atoms with Gasteiger partial charge in [-0.2, -0.15) is 0 Å². The number of hydrogen-bond acceptors (Lipinski definition) is 2. The Bertz CT molecular complexity index is 631. The maximum atomic E-state index is 12.3. The highest BCUT2D eigenvalue weighted by Gasteiger charge is 2.12. The Morgan fingerprint density at radius 3 is 2.65 bits per heavy atom. The van der Waals surface area contributed by atoms with Crippen molar-refractivity contribution in [1.82, 2.24) is 0 Å². The summed E-state index contributed by atoms with van der Waals surface area (Å²) in [7, 11) is 0. The summed E-state index contributed by atoms with van der Waals surface area (Å²) in [5, 5.41) is 2.97. The van der Waals surface area contributed by atoms with Gasteiger partial charge in [0.25, 0.3) is 5.91 Å². The third-order valence-electron chi connectivity index (χ3n) is 2.61. The monoisotopic (exact) mass is 413 g/mol. The van der Waals surface area contributed by atoms with Crippen molar-refractivity contribution in [3.63, 3.8) is 0 Å². The predicted molar refractivity (Wildman–Crippen MR) is 92.6 cm³/mol. The number of rotatable bonds is 4. The second-order valence-electron chi connectivity index (χ2n) is 4.01. The number of anilines is 1. The molecule has 5 heteroatoms. The Labute approximate surface area is 139 Å². The number of hydrogen-bond donors (Lipinski definition) is 1. The van der Waals surface area contributed by atoms with E-state index in [2.05, 4.69) is 44.1 Å². The highest BCUT2D eigenvalue weighted by Crippen LogP contribution is 2.28. The van der Waals surface area contributed by atoms with E-state index in [0.29, 0.717) is 5.56 Å². The number of carbonyl (C=O) groups excluding carboxylic acids is 1. The van der Waals surface area contributed by atoms with Crippen molar-refractivity contribution in [2.45, 2.75) is 11.8 Å². The molecule has 0 bridgehead atoms. The first-order valence-corrected chi connectivity index (χ1v) is 8.67. The summed E-state index contributed by atoms with van der Waals surface area (Å²) in [5.74, 6) is 0.850. The van der Waals surface area contributed by atoms with Crippen LogP contribution in [-0.2, 0) is 0 Å². The first-order valence-electron chi connectivity index (χ1n) is 6.10. The van der Waals surface area contributed by atoms with Crippen molar-refractivity contribution >= 4 is 55.2 Å². The van der Waals surface area contributed by atoms with Gasteiger partial charge in [-0.25, -0.2) is 0 Å². The summed E-state index contributed by atoms with van der Waals surface area (Å²) in [6, 6.07) is 13.3. The van der Waals surface area contributed by atoms with Gasteiger partial charge in [0, 0.05) is 13.8 Å². The van der Waals surface area contributed by atoms with Crippen LogP contribution in [0.3, 0.4) is 0 Å². The molecule has 1 N–H and O–H groups in total. The fourth-order valence-electron chi connectivity index (χ4n) is 1.71. The van der Waals surface area contributed by atoms with E-state index >= 15 is 0 Å².